The second-order valence-corrected chi connectivity index (χ2v) is 6.86. The van der Waals surface area contributed by atoms with Gasteiger partial charge in [0.1, 0.15) is 0 Å². The van der Waals surface area contributed by atoms with Gasteiger partial charge in [0.25, 0.3) is 5.91 Å². The molecule has 104 valence electrons. The van der Waals surface area contributed by atoms with Crippen LogP contribution in [0.4, 0.5) is 0 Å². The quantitative estimate of drug-likeness (QED) is 0.889. The minimum atomic E-state index is -0.112. The van der Waals surface area contributed by atoms with Gasteiger partial charge in [-0.3, -0.25) is 9.59 Å². The van der Waals surface area contributed by atoms with Crippen molar-refractivity contribution >= 4 is 39.1 Å². The number of piperazine rings is 1. The molecule has 0 aliphatic carbocycles. The van der Waals surface area contributed by atoms with Crippen molar-refractivity contribution in [2.24, 2.45) is 0 Å². The Labute approximate surface area is 124 Å². The summed E-state index contributed by atoms with van der Waals surface area (Å²) in [4.78, 5) is 28.1. The molecule has 1 aliphatic heterocycles. The lowest BCUT2D eigenvalue weighted by Gasteiger charge is -2.29. The predicted molar refractivity (Wildman–Crippen MR) is 78.4 cm³/mol. The maximum absolute atomic E-state index is 12.1. The molecule has 0 bridgehead atoms. The third kappa shape index (κ3) is 3.77. The van der Waals surface area contributed by atoms with Crippen LogP contribution in [0.3, 0.4) is 0 Å². The molecule has 0 saturated carbocycles. The zero-order valence-corrected chi connectivity index (χ0v) is 13.1. The van der Waals surface area contributed by atoms with Gasteiger partial charge in [0.2, 0.25) is 5.91 Å². The van der Waals surface area contributed by atoms with Gasteiger partial charge in [-0.2, -0.15) is 0 Å². The lowest BCUT2D eigenvalue weighted by molar-refractivity contribution is -0.132. The lowest BCUT2D eigenvalue weighted by Crippen LogP contribution is -2.49. The molecule has 2 heterocycles. The zero-order chi connectivity index (χ0) is 13.8. The Bertz CT molecular complexity index is 471. The Morgan fingerprint density at radius 2 is 2.11 bits per heavy atom. The maximum Gasteiger partial charge on any atom is 0.264 e. The van der Waals surface area contributed by atoms with Gasteiger partial charge in [-0.15, -0.1) is 11.3 Å². The summed E-state index contributed by atoms with van der Waals surface area (Å²) in [5.74, 6) is -0.104. The molecule has 5 nitrogen and oxygen atoms in total. The summed E-state index contributed by atoms with van der Waals surface area (Å²) in [6.07, 6.45) is 0. The molecule has 0 aromatic carbocycles. The van der Waals surface area contributed by atoms with E-state index in [4.69, 9.17) is 0 Å². The summed E-state index contributed by atoms with van der Waals surface area (Å²) in [5.41, 5.74) is 0. The Hall–Kier alpha value is -0.920. The Balaban J connectivity index is 1.91. The van der Waals surface area contributed by atoms with Crippen molar-refractivity contribution < 1.29 is 9.59 Å². The van der Waals surface area contributed by atoms with E-state index in [0.29, 0.717) is 18.0 Å². The van der Waals surface area contributed by atoms with E-state index in [1.807, 2.05) is 6.07 Å². The fourth-order valence-electron chi connectivity index (χ4n) is 1.91. The van der Waals surface area contributed by atoms with E-state index >= 15 is 0 Å². The largest absolute Gasteiger partial charge is 0.339 e. The van der Waals surface area contributed by atoms with Gasteiger partial charge in [-0.25, -0.2) is 0 Å². The fourth-order valence-corrected chi connectivity index (χ4v) is 3.29. The molecule has 1 aromatic heterocycles. The second-order valence-electron chi connectivity index (χ2n) is 4.40. The number of carbonyl (C=O) groups is 2. The highest BCUT2D eigenvalue weighted by atomic mass is 79.9. The fraction of sp³-hybridized carbons (Fsp3) is 0.500. The van der Waals surface area contributed by atoms with E-state index in [1.165, 1.54) is 16.2 Å². The number of likely N-dealkylation sites (N-methyl/N-ethyl adjacent to an activating group) is 1. The lowest BCUT2D eigenvalue weighted by atomic mass is 10.3. The first kappa shape index (κ1) is 14.5. The van der Waals surface area contributed by atoms with E-state index in [9.17, 15) is 9.59 Å². The molecular weight excluding hydrogens is 330 g/mol. The highest BCUT2D eigenvalue weighted by Gasteiger charge is 2.21. The van der Waals surface area contributed by atoms with Crippen molar-refractivity contribution in [1.29, 1.82) is 0 Å². The van der Waals surface area contributed by atoms with Crippen LogP contribution in [-0.4, -0.2) is 61.4 Å². The highest BCUT2D eigenvalue weighted by molar-refractivity contribution is 9.11. The standard InChI is InChI=1S/C12H16BrN3O2S/c1-15(12(18)9-2-3-10(13)19-9)8-11(17)16-6-4-14-5-7-16/h2-3,14H,4-8H2,1H3. The first-order chi connectivity index (χ1) is 9.08. The van der Waals surface area contributed by atoms with Gasteiger partial charge in [-0.05, 0) is 28.1 Å². The molecule has 2 rings (SSSR count). The molecule has 19 heavy (non-hydrogen) atoms. The Kier molecular flexibility index (Phi) is 4.95. The summed E-state index contributed by atoms with van der Waals surface area (Å²) in [6.45, 7) is 3.20. The number of carbonyl (C=O) groups excluding carboxylic acids is 2. The summed E-state index contributed by atoms with van der Waals surface area (Å²) in [7, 11) is 1.66. The minimum absolute atomic E-state index is 0.00738. The normalized spacial score (nSPS) is 15.4. The number of rotatable bonds is 3. The average Bonchev–Trinajstić information content (AvgIpc) is 2.85. The highest BCUT2D eigenvalue weighted by Crippen LogP contribution is 2.23. The van der Waals surface area contributed by atoms with Crippen LogP contribution in [0.15, 0.2) is 15.9 Å². The van der Waals surface area contributed by atoms with Crippen LogP contribution in [0, 0.1) is 0 Å². The third-order valence-electron chi connectivity index (χ3n) is 2.97. The van der Waals surface area contributed by atoms with Crippen molar-refractivity contribution in [3.8, 4) is 0 Å². The molecule has 0 atom stereocenters. The SMILES string of the molecule is CN(CC(=O)N1CCNCC1)C(=O)c1ccc(Br)s1. The molecule has 0 unspecified atom stereocenters. The van der Waals surface area contributed by atoms with Crippen LogP contribution >= 0.6 is 27.3 Å². The summed E-state index contributed by atoms with van der Waals surface area (Å²) in [6, 6.07) is 3.60. The van der Waals surface area contributed by atoms with Crippen LogP contribution in [0.25, 0.3) is 0 Å². The van der Waals surface area contributed by atoms with Crippen molar-refractivity contribution in [3.63, 3.8) is 0 Å². The first-order valence-corrected chi connectivity index (χ1v) is 7.68. The van der Waals surface area contributed by atoms with E-state index in [2.05, 4.69) is 21.2 Å². The van der Waals surface area contributed by atoms with Gasteiger partial charge in [0.15, 0.2) is 0 Å². The monoisotopic (exact) mass is 345 g/mol. The van der Waals surface area contributed by atoms with E-state index in [1.54, 1.807) is 18.0 Å². The van der Waals surface area contributed by atoms with Crippen LogP contribution < -0.4 is 5.32 Å². The molecule has 1 aliphatic rings. The number of halogens is 1. The second kappa shape index (κ2) is 6.49. The van der Waals surface area contributed by atoms with Gasteiger partial charge in [0, 0.05) is 33.2 Å². The maximum atomic E-state index is 12.1. The number of nitrogens with one attached hydrogen (secondary N) is 1. The number of hydrogen-bond donors (Lipinski definition) is 1. The molecule has 7 heteroatoms. The van der Waals surface area contributed by atoms with Gasteiger partial charge in [0.05, 0.1) is 15.2 Å². The Morgan fingerprint density at radius 1 is 1.42 bits per heavy atom. The van der Waals surface area contributed by atoms with Crippen LogP contribution in [-0.2, 0) is 4.79 Å². The summed E-state index contributed by atoms with van der Waals surface area (Å²) in [5, 5.41) is 3.20. The number of hydrogen-bond acceptors (Lipinski definition) is 4. The van der Waals surface area contributed by atoms with Crippen molar-refractivity contribution in [2.45, 2.75) is 0 Å². The summed E-state index contributed by atoms with van der Waals surface area (Å²) >= 11 is 4.71. The average molecular weight is 346 g/mol. The minimum Gasteiger partial charge on any atom is -0.339 e. The van der Waals surface area contributed by atoms with Crippen LogP contribution in [0.1, 0.15) is 9.67 Å². The molecule has 1 aromatic rings. The van der Waals surface area contributed by atoms with Crippen LogP contribution in [0.2, 0.25) is 0 Å². The molecule has 0 spiro atoms. The zero-order valence-electron chi connectivity index (χ0n) is 10.7. The third-order valence-corrected chi connectivity index (χ3v) is 4.58. The van der Waals surface area contributed by atoms with E-state index in [0.717, 1.165) is 16.9 Å². The molecule has 1 fully saturated rings. The van der Waals surface area contributed by atoms with Crippen molar-refractivity contribution in [3.05, 3.63) is 20.8 Å². The van der Waals surface area contributed by atoms with E-state index < -0.39 is 0 Å². The number of thiophene rings is 1. The molecule has 2 amide bonds. The van der Waals surface area contributed by atoms with Gasteiger partial charge < -0.3 is 15.1 Å². The smallest absolute Gasteiger partial charge is 0.264 e. The molecule has 1 saturated heterocycles. The Morgan fingerprint density at radius 3 is 2.68 bits per heavy atom. The molecule has 1 N–H and O–H groups in total. The number of nitrogens with zero attached hydrogens (tertiary/aromatic N) is 2. The van der Waals surface area contributed by atoms with Gasteiger partial charge >= 0.3 is 0 Å². The topological polar surface area (TPSA) is 52.7 Å². The number of amides is 2. The van der Waals surface area contributed by atoms with Gasteiger partial charge in [-0.1, -0.05) is 0 Å². The van der Waals surface area contributed by atoms with Crippen molar-refractivity contribution in [2.75, 3.05) is 39.8 Å². The summed E-state index contributed by atoms with van der Waals surface area (Å²) < 4.78 is 0.915. The van der Waals surface area contributed by atoms with Crippen molar-refractivity contribution in [1.82, 2.24) is 15.1 Å². The molecule has 0 radical (unpaired) electrons. The van der Waals surface area contributed by atoms with E-state index in [-0.39, 0.29) is 18.4 Å². The van der Waals surface area contributed by atoms with Crippen LogP contribution in [0.5, 0.6) is 0 Å². The molecular formula is C12H16BrN3O2S. The predicted octanol–water partition coefficient (Wildman–Crippen LogP) is 1.01. The first-order valence-electron chi connectivity index (χ1n) is 6.07.